The highest BCUT2D eigenvalue weighted by Crippen LogP contribution is 2.22. The van der Waals surface area contributed by atoms with E-state index in [1.807, 2.05) is 32.0 Å². The highest BCUT2D eigenvalue weighted by atomic mass is 19.1. The van der Waals surface area contributed by atoms with Gasteiger partial charge >= 0.3 is 0 Å². The van der Waals surface area contributed by atoms with Crippen molar-refractivity contribution in [1.29, 1.82) is 0 Å². The summed E-state index contributed by atoms with van der Waals surface area (Å²) in [6.07, 6.45) is 0. The fourth-order valence-electron chi connectivity index (χ4n) is 2.52. The molecule has 0 radical (unpaired) electrons. The number of anilines is 1. The number of nitrogens with one attached hydrogen (secondary N) is 1. The Labute approximate surface area is 150 Å². The molecule has 134 valence electrons. The summed E-state index contributed by atoms with van der Waals surface area (Å²) in [4.78, 5) is 12.6. The molecule has 0 fully saturated rings. The molecular formula is C20H19FN2O3. The average Bonchev–Trinajstić information content (AvgIpc) is 2.98. The van der Waals surface area contributed by atoms with Crippen LogP contribution in [0.5, 0.6) is 5.75 Å². The number of nitrogens with zero attached hydrogens (tertiary/aromatic N) is 1. The van der Waals surface area contributed by atoms with E-state index in [9.17, 15) is 9.18 Å². The zero-order valence-corrected chi connectivity index (χ0v) is 14.8. The topological polar surface area (TPSA) is 64.4 Å². The molecule has 2 aromatic carbocycles. The lowest BCUT2D eigenvalue weighted by Crippen LogP contribution is -2.16. The van der Waals surface area contributed by atoms with E-state index >= 15 is 0 Å². The largest absolute Gasteiger partial charge is 0.489 e. The van der Waals surface area contributed by atoms with Gasteiger partial charge < -0.3 is 14.6 Å². The van der Waals surface area contributed by atoms with E-state index in [2.05, 4.69) is 10.5 Å². The van der Waals surface area contributed by atoms with Crippen molar-refractivity contribution in [2.45, 2.75) is 27.4 Å². The smallest absolute Gasteiger partial charge is 0.278 e. The van der Waals surface area contributed by atoms with Crippen LogP contribution in [0, 0.1) is 26.6 Å². The molecule has 26 heavy (non-hydrogen) atoms. The Balaban J connectivity index is 1.78. The minimum atomic E-state index is -0.391. The van der Waals surface area contributed by atoms with Gasteiger partial charge in [-0.1, -0.05) is 23.4 Å². The van der Waals surface area contributed by atoms with Gasteiger partial charge in [-0.05, 0) is 50.1 Å². The van der Waals surface area contributed by atoms with Gasteiger partial charge in [0, 0.05) is 11.8 Å². The third-order valence-electron chi connectivity index (χ3n) is 4.23. The molecule has 0 spiro atoms. The van der Waals surface area contributed by atoms with Gasteiger partial charge in [-0.2, -0.15) is 0 Å². The van der Waals surface area contributed by atoms with Crippen molar-refractivity contribution in [3.05, 3.63) is 76.4 Å². The molecule has 0 saturated carbocycles. The van der Waals surface area contributed by atoms with Gasteiger partial charge in [-0.3, -0.25) is 4.79 Å². The molecule has 5 nitrogen and oxygen atoms in total. The zero-order chi connectivity index (χ0) is 18.7. The van der Waals surface area contributed by atoms with Gasteiger partial charge in [0.15, 0.2) is 5.69 Å². The number of carbonyl (C=O) groups is 1. The fraction of sp³-hybridized carbons (Fsp3) is 0.200. The van der Waals surface area contributed by atoms with Crippen molar-refractivity contribution in [2.75, 3.05) is 5.32 Å². The van der Waals surface area contributed by atoms with Crippen LogP contribution in [0.4, 0.5) is 10.1 Å². The molecule has 1 amide bonds. The number of carbonyl (C=O) groups excluding carboxylic acids is 1. The number of rotatable bonds is 5. The van der Waals surface area contributed by atoms with E-state index in [1.165, 1.54) is 12.1 Å². The maximum atomic E-state index is 13.3. The molecule has 6 heteroatoms. The summed E-state index contributed by atoms with van der Waals surface area (Å²) in [5.41, 5.74) is 3.46. The van der Waals surface area contributed by atoms with Crippen molar-refractivity contribution < 1.29 is 18.4 Å². The Morgan fingerprint density at radius 3 is 2.73 bits per heavy atom. The van der Waals surface area contributed by atoms with E-state index in [4.69, 9.17) is 9.26 Å². The second-order valence-corrected chi connectivity index (χ2v) is 6.01. The molecule has 0 aliphatic rings. The average molecular weight is 354 g/mol. The first-order valence-corrected chi connectivity index (χ1v) is 8.17. The zero-order valence-electron chi connectivity index (χ0n) is 14.8. The molecule has 0 aliphatic carbocycles. The summed E-state index contributed by atoms with van der Waals surface area (Å²) in [7, 11) is 0. The van der Waals surface area contributed by atoms with Crippen LogP contribution in [-0.4, -0.2) is 11.1 Å². The molecule has 0 unspecified atom stereocenters. The Morgan fingerprint density at radius 2 is 1.96 bits per heavy atom. The maximum Gasteiger partial charge on any atom is 0.278 e. The lowest BCUT2D eigenvalue weighted by atomic mass is 10.1. The van der Waals surface area contributed by atoms with Crippen LogP contribution in [0.3, 0.4) is 0 Å². The Bertz CT molecular complexity index is 950. The van der Waals surface area contributed by atoms with Crippen LogP contribution in [0.25, 0.3) is 0 Å². The lowest BCUT2D eigenvalue weighted by molar-refractivity contribution is 0.101. The SMILES string of the molecule is Cc1cccc(NC(=O)c2noc(C)c2COc2cccc(F)c2)c1C. The molecule has 1 aromatic heterocycles. The van der Waals surface area contributed by atoms with Gasteiger partial charge in [0.25, 0.3) is 5.91 Å². The van der Waals surface area contributed by atoms with Crippen LogP contribution >= 0.6 is 0 Å². The second-order valence-electron chi connectivity index (χ2n) is 6.01. The number of aromatic nitrogens is 1. The number of halogens is 1. The Morgan fingerprint density at radius 1 is 1.19 bits per heavy atom. The summed E-state index contributed by atoms with van der Waals surface area (Å²) in [5.74, 6) is 0.0739. The summed E-state index contributed by atoms with van der Waals surface area (Å²) >= 11 is 0. The third kappa shape index (κ3) is 3.74. The highest BCUT2D eigenvalue weighted by molar-refractivity contribution is 6.04. The van der Waals surface area contributed by atoms with E-state index < -0.39 is 5.82 Å². The van der Waals surface area contributed by atoms with Gasteiger partial charge in [0.2, 0.25) is 0 Å². The number of hydrogen-bond acceptors (Lipinski definition) is 4. The van der Waals surface area contributed by atoms with Gasteiger partial charge in [-0.25, -0.2) is 4.39 Å². The van der Waals surface area contributed by atoms with E-state index in [1.54, 1.807) is 19.1 Å². The third-order valence-corrected chi connectivity index (χ3v) is 4.23. The summed E-state index contributed by atoms with van der Waals surface area (Å²) in [6, 6.07) is 11.5. The van der Waals surface area contributed by atoms with Gasteiger partial charge in [0.05, 0.1) is 5.56 Å². The van der Waals surface area contributed by atoms with Crippen LogP contribution in [0.15, 0.2) is 47.0 Å². The molecule has 0 aliphatic heterocycles. The highest BCUT2D eigenvalue weighted by Gasteiger charge is 2.21. The standard InChI is InChI=1S/C20H19FN2O3/c1-12-6-4-9-18(13(12)2)22-20(24)19-17(14(3)26-23-19)11-25-16-8-5-7-15(21)10-16/h4-10H,11H2,1-3H3,(H,22,24). The van der Waals surface area contributed by atoms with Crippen molar-refractivity contribution in [3.8, 4) is 5.75 Å². The first kappa shape index (κ1) is 17.7. The first-order chi connectivity index (χ1) is 12.5. The lowest BCUT2D eigenvalue weighted by Gasteiger charge is -2.10. The van der Waals surface area contributed by atoms with Crippen molar-refractivity contribution in [2.24, 2.45) is 0 Å². The summed E-state index contributed by atoms with van der Waals surface area (Å²) in [5, 5.41) is 6.70. The maximum absolute atomic E-state index is 13.3. The normalized spacial score (nSPS) is 10.6. The Kier molecular flexibility index (Phi) is 5.02. The van der Waals surface area contributed by atoms with E-state index in [0.717, 1.165) is 11.1 Å². The van der Waals surface area contributed by atoms with Crippen LogP contribution in [0.1, 0.15) is 32.9 Å². The monoisotopic (exact) mass is 354 g/mol. The molecule has 1 heterocycles. The van der Waals surface area contributed by atoms with Crippen molar-refractivity contribution in [1.82, 2.24) is 5.16 Å². The number of amides is 1. The van der Waals surface area contributed by atoms with Gasteiger partial charge in [0.1, 0.15) is 23.9 Å². The van der Waals surface area contributed by atoms with E-state index in [0.29, 0.717) is 22.8 Å². The van der Waals surface area contributed by atoms with E-state index in [-0.39, 0.29) is 18.2 Å². The quantitative estimate of drug-likeness (QED) is 0.729. The molecule has 1 N–H and O–H groups in total. The minimum absolute atomic E-state index is 0.0499. The number of hydrogen-bond donors (Lipinski definition) is 1. The van der Waals surface area contributed by atoms with Crippen molar-refractivity contribution >= 4 is 11.6 Å². The predicted octanol–water partition coefficient (Wildman–Crippen LogP) is 4.57. The van der Waals surface area contributed by atoms with Crippen LogP contribution < -0.4 is 10.1 Å². The molecule has 0 bridgehead atoms. The Hall–Kier alpha value is -3.15. The second kappa shape index (κ2) is 7.39. The number of aryl methyl sites for hydroxylation is 2. The van der Waals surface area contributed by atoms with Crippen LogP contribution in [0.2, 0.25) is 0 Å². The first-order valence-electron chi connectivity index (χ1n) is 8.17. The van der Waals surface area contributed by atoms with Gasteiger partial charge in [-0.15, -0.1) is 0 Å². The number of ether oxygens (including phenoxy) is 1. The summed E-state index contributed by atoms with van der Waals surface area (Å²) < 4.78 is 24.0. The minimum Gasteiger partial charge on any atom is -0.489 e. The molecule has 3 aromatic rings. The molecule has 0 saturated heterocycles. The molecule has 3 rings (SSSR count). The summed E-state index contributed by atoms with van der Waals surface area (Å²) in [6.45, 7) is 5.66. The molecular weight excluding hydrogens is 335 g/mol. The van der Waals surface area contributed by atoms with Crippen molar-refractivity contribution in [3.63, 3.8) is 0 Å². The molecule has 0 atom stereocenters. The predicted molar refractivity (Wildman–Crippen MR) is 95.8 cm³/mol. The fourth-order valence-corrected chi connectivity index (χ4v) is 2.52. The number of benzene rings is 2. The van der Waals surface area contributed by atoms with Crippen LogP contribution in [-0.2, 0) is 6.61 Å².